The average molecular weight is 610 g/mol. The number of carbonyl (C=O) groups is 2. The fourth-order valence-electron chi connectivity index (χ4n) is 6.60. The van der Waals surface area contributed by atoms with Crippen LogP contribution in [0.25, 0.3) is 21.8 Å². The van der Waals surface area contributed by atoms with Gasteiger partial charge in [-0.1, -0.05) is 32.4 Å². The Morgan fingerprint density at radius 2 is 1.81 bits per heavy atom. The van der Waals surface area contributed by atoms with Gasteiger partial charge in [0.15, 0.2) is 11.6 Å². The van der Waals surface area contributed by atoms with Crippen molar-refractivity contribution in [1.82, 2.24) is 25.0 Å². The highest BCUT2D eigenvalue weighted by molar-refractivity contribution is 6.35. The van der Waals surface area contributed by atoms with Crippen molar-refractivity contribution in [1.29, 1.82) is 0 Å². The SMILES string of the molecule is CC(C)(C)CN1Cc2c(cc(Cl)c3[nH]ncc23)C[C@@H](CC(=O)N2CCC(c3cc4cc(F)c(F)cc4[nH]c3=O)CC2)C1=O. The second-order valence-electron chi connectivity index (χ2n) is 13.1. The number of likely N-dealkylation sites (tertiary alicyclic amines) is 1. The lowest BCUT2D eigenvalue weighted by atomic mass is 9.88. The molecule has 43 heavy (non-hydrogen) atoms. The predicted octanol–water partition coefficient (Wildman–Crippen LogP) is 5.68. The van der Waals surface area contributed by atoms with E-state index in [0.29, 0.717) is 61.4 Å². The van der Waals surface area contributed by atoms with Gasteiger partial charge < -0.3 is 14.8 Å². The number of fused-ring (bicyclic) bond motifs is 4. The summed E-state index contributed by atoms with van der Waals surface area (Å²) >= 11 is 6.56. The quantitative estimate of drug-likeness (QED) is 0.311. The molecule has 0 bridgehead atoms. The van der Waals surface area contributed by atoms with E-state index in [1.807, 2.05) is 11.0 Å². The number of H-pyrrole nitrogens is 2. The van der Waals surface area contributed by atoms with Crippen LogP contribution in [0.1, 0.15) is 62.6 Å². The molecule has 0 spiro atoms. The first-order valence-corrected chi connectivity index (χ1v) is 15.0. The zero-order valence-electron chi connectivity index (χ0n) is 24.4. The van der Waals surface area contributed by atoms with Crippen LogP contribution in [0.5, 0.6) is 0 Å². The summed E-state index contributed by atoms with van der Waals surface area (Å²) in [6.07, 6.45) is 3.32. The minimum atomic E-state index is -1.02. The number of piperidine rings is 1. The predicted molar refractivity (Wildman–Crippen MR) is 161 cm³/mol. The van der Waals surface area contributed by atoms with Gasteiger partial charge in [-0.2, -0.15) is 5.10 Å². The minimum Gasteiger partial charge on any atom is -0.343 e. The first-order valence-electron chi connectivity index (χ1n) is 14.6. The second-order valence-corrected chi connectivity index (χ2v) is 13.5. The van der Waals surface area contributed by atoms with E-state index in [1.165, 1.54) is 0 Å². The Morgan fingerprint density at radius 1 is 1.09 bits per heavy atom. The third kappa shape index (κ3) is 5.77. The van der Waals surface area contributed by atoms with Gasteiger partial charge in [-0.15, -0.1) is 0 Å². The molecule has 0 saturated carbocycles. The standard InChI is InChI=1S/C32H34ClF2N5O3/c1-32(2,3)16-40-15-23-18(10-24(33)29-22(23)14-36-38-29)8-20(31(40)43)12-28(41)39-6-4-17(5-7-39)21-9-19-11-25(34)26(35)13-27(19)37-30(21)42/h9-11,13-14,17,20H,4-8,12,15-16H2,1-3H3,(H,36,38)(H,37,42)/t20-/m0/s1. The fraction of sp³-hybridized carbons (Fsp3) is 0.438. The smallest absolute Gasteiger partial charge is 0.251 e. The van der Waals surface area contributed by atoms with Gasteiger partial charge in [-0.25, -0.2) is 8.78 Å². The van der Waals surface area contributed by atoms with E-state index < -0.39 is 17.6 Å². The number of halogens is 3. The second kappa shape index (κ2) is 11.0. The third-order valence-corrected chi connectivity index (χ3v) is 8.95. The van der Waals surface area contributed by atoms with Crippen molar-refractivity contribution in [2.24, 2.45) is 11.3 Å². The average Bonchev–Trinajstić information content (AvgIpc) is 3.40. The lowest BCUT2D eigenvalue weighted by molar-refractivity contribution is -0.142. The Kier molecular flexibility index (Phi) is 7.52. The molecule has 2 amide bonds. The Morgan fingerprint density at radius 3 is 2.53 bits per heavy atom. The van der Waals surface area contributed by atoms with Crippen molar-refractivity contribution >= 4 is 45.2 Å². The maximum atomic E-state index is 13.9. The van der Waals surface area contributed by atoms with E-state index in [4.69, 9.17) is 11.6 Å². The highest BCUT2D eigenvalue weighted by atomic mass is 35.5. The van der Waals surface area contributed by atoms with Gasteiger partial charge in [-0.05, 0) is 59.9 Å². The Bertz CT molecular complexity index is 1800. The molecule has 2 aliphatic rings. The zero-order chi connectivity index (χ0) is 30.6. The molecule has 1 fully saturated rings. The summed E-state index contributed by atoms with van der Waals surface area (Å²) in [5.74, 6) is -2.80. The molecular formula is C32H34ClF2N5O3. The molecule has 11 heteroatoms. The first-order chi connectivity index (χ1) is 20.4. The molecule has 4 heterocycles. The van der Waals surface area contributed by atoms with Crippen LogP contribution < -0.4 is 5.56 Å². The van der Waals surface area contributed by atoms with Crippen molar-refractivity contribution in [3.8, 4) is 0 Å². The summed E-state index contributed by atoms with van der Waals surface area (Å²) in [7, 11) is 0. The summed E-state index contributed by atoms with van der Waals surface area (Å²) < 4.78 is 27.5. The molecule has 0 aliphatic carbocycles. The summed E-state index contributed by atoms with van der Waals surface area (Å²) in [5, 5.41) is 8.97. The van der Waals surface area contributed by atoms with Crippen molar-refractivity contribution in [2.75, 3.05) is 19.6 Å². The number of benzene rings is 2. The Hall–Kier alpha value is -3.79. The number of aromatic nitrogens is 3. The molecule has 2 N–H and O–H groups in total. The largest absolute Gasteiger partial charge is 0.343 e. The molecule has 2 aromatic carbocycles. The minimum absolute atomic E-state index is 0.0477. The van der Waals surface area contributed by atoms with Gasteiger partial charge in [0.1, 0.15) is 0 Å². The lowest BCUT2D eigenvalue weighted by Crippen LogP contribution is -2.43. The van der Waals surface area contributed by atoms with E-state index in [0.717, 1.165) is 34.2 Å². The van der Waals surface area contributed by atoms with Crippen LogP contribution in [-0.2, 0) is 22.6 Å². The van der Waals surface area contributed by atoms with E-state index in [9.17, 15) is 23.2 Å². The number of aromatic amines is 2. The van der Waals surface area contributed by atoms with Crippen molar-refractivity contribution in [2.45, 2.75) is 58.9 Å². The van der Waals surface area contributed by atoms with E-state index in [-0.39, 0.29) is 40.6 Å². The van der Waals surface area contributed by atoms with Gasteiger partial charge >= 0.3 is 0 Å². The molecule has 0 radical (unpaired) electrons. The van der Waals surface area contributed by atoms with Crippen molar-refractivity contribution in [3.05, 3.63) is 74.2 Å². The van der Waals surface area contributed by atoms with E-state index >= 15 is 0 Å². The summed E-state index contributed by atoms with van der Waals surface area (Å²) in [6.45, 7) is 8.09. The fourth-order valence-corrected chi connectivity index (χ4v) is 6.87. The van der Waals surface area contributed by atoms with Crippen LogP contribution in [0.4, 0.5) is 8.78 Å². The number of carbonyl (C=O) groups excluding carboxylic acids is 2. The Balaban J connectivity index is 1.20. The van der Waals surface area contributed by atoms with Crippen LogP contribution >= 0.6 is 11.6 Å². The Labute approximate surface area is 252 Å². The van der Waals surface area contributed by atoms with Gasteiger partial charge in [0, 0.05) is 55.0 Å². The molecule has 6 rings (SSSR count). The number of pyridine rings is 1. The lowest BCUT2D eigenvalue weighted by Gasteiger charge is -2.34. The van der Waals surface area contributed by atoms with Crippen LogP contribution in [0.3, 0.4) is 0 Å². The van der Waals surface area contributed by atoms with Gasteiger partial charge in [0.2, 0.25) is 11.8 Å². The molecule has 1 atom stereocenters. The highest BCUT2D eigenvalue weighted by Crippen LogP contribution is 2.36. The van der Waals surface area contributed by atoms with Crippen LogP contribution in [-0.4, -0.2) is 56.4 Å². The van der Waals surface area contributed by atoms with Crippen molar-refractivity contribution < 1.29 is 18.4 Å². The molecule has 1 saturated heterocycles. The number of nitrogens with one attached hydrogen (secondary N) is 2. The molecule has 4 aromatic rings. The maximum absolute atomic E-state index is 13.9. The monoisotopic (exact) mass is 609 g/mol. The zero-order valence-corrected chi connectivity index (χ0v) is 25.2. The van der Waals surface area contributed by atoms with E-state index in [1.54, 1.807) is 17.2 Å². The number of amides is 2. The molecule has 0 unspecified atom stereocenters. The molecule has 226 valence electrons. The molecule has 8 nitrogen and oxygen atoms in total. The van der Waals surface area contributed by atoms with Crippen LogP contribution in [0, 0.1) is 23.0 Å². The molecule has 2 aromatic heterocycles. The van der Waals surface area contributed by atoms with Crippen molar-refractivity contribution in [3.63, 3.8) is 0 Å². The van der Waals surface area contributed by atoms with Gasteiger partial charge in [0.05, 0.1) is 28.2 Å². The maximum Gasteiger partial charge on any atom is 0.251 e. The normalized spacial score (nSPS) is 18.4. The number of hydrogen-bond acceptors (Lipinski definition) is 4. The van der Waals surface area contributed by atoms with Crippen LogP contribution in [0.2, 0.25) is 5.02 Å². The summed E-state index contributed by atoms with van der Waals surface area (Å²) in [6, 6.07) is 5.57. The van der Waals surface area contributed by atoms with Gasteiger partial charge in [-0.3, -0.25) is 19.5 Å². The van der Waals surface area contributed by atoms with E-state index in [2.05, 4.69) is 36.0 Å². The topological polar surface area (TPSA) is 102 Å². The van der Waals surface area contributed by atoms with Gasteiger partial charge in [0.25, 0.3) is 5.56 Å². The highest BCUT2D eigenvalue weighted by Gasteiger charge is 2.36. The first kappa shape index (κ1) is 29.3. The number of hydrogen-bond donors (Lipinski definition) is 2. The summed E-state index contributed by atoms with van der Waals surface area (Å²) in [4.78, 5) is 46.6. The summed E-state index contributed by atoms with van der Waals surface area (Å²) in [5.41, 5.74) is 2.96. The number of rotatable bonds is 4. The molecule has 2 aliphatic heterocycles. The third-order valence-electron chi connectivity index (χ3n) is 8.66. The molecular weight excluding hydrogens is 576 g/mol. The van der Waals surface area contributed by atoms with Crippen LogP contribution in [0.15, 0.2) is 35.3 Å². The number of nitrogens with zero attached hydrogens (tertiary/aromatic N) is 3.